The van der Waals surface area contributed by atoms with Gasteiger partial charge in [-0.25, -0.2) is 8.42 Å². The summed E-state index contributed by atoms with van der Waals surface area (Å²) in [5, 5.41) is 4.87. The summed E-state index contributed by atoms with van der Waals surface area (Å²) in [6, 6.07) is 0. The van der Waals surface area contributed by atoms with Gasteiger partial charge >= 0.3 is 0 Å². The molecule has 2 rings (SSSR count). The van der Waals surface area contributed by atoms with Crippen LogP contribution in [0, 0.1) is 5.92 Å². The van der Waals surface area contributed by atoms with Crippen molar-refractivity contribution in [3.05, 3.63) is 12.4 Å². The molecule has 1 atom stereocenters. The van der Waals surface area contributed by atoms with Crippen LogP contribution in [0.5, 0.6) is 0 Å². The molecule has 0 spiro atoms. The molecule has 102 valence electrons. The van der Waals surface area contributed by atoms with Crippen LogP contribution in [0.1, 0.15) is 19.3 Å². The molecule has 0 bridgehead atoms. The van der Waals surface area contributed by atoms with Gasteiger partial charge in [0, 0.05) is 31.7 Å². The second kappa shape index (κ2) is 5.71. The van der Waals surface area contributed by atoms with E-state index in [1.807, 2.05) is 0 Å². The first-order valence-corrected chi connectivity index (χ1v) is 8.65. The van der Waals surface area contributed by atoms with E-state index in [0.717, 1.165) is 24.6 Å². The van der Waals surface area contributed by atoms with E-state index in [9.17, 15) is 8.42 Å². The standard InChI is InChI=1S/C11H18BrN3O2S/c1-14-9-11(7-13-14)18(16,17)15-6-2-3-10(8-15)4-5-12/h7,9-10H,2-6,8H2,1H3. The van der Waals surface area contributed by atoms with Crippen molar-refractivity contribution < 1.29 is 8.42 Å². The molecule has 0 radical (unpaired) electrons. The lowest BCUT2D eigenvalue weighted by Crippen LogP contribution is -2.39. The first-order chi connectivity index (χ1) is 8.54. The van der Waals surface area contributed by atoms with E-state index >= 15 is 0 Å². The minimum absolute atomic E-state index is 0.296. The van der Waals surface area contributed by atoms with Gasteiger partial charge < -0.3 is 0 Å². The zero-order valence-electron chi connectivity index (χ0n) is 10.4. The summed E-state index contributed by atoms with van der Waals surface area (Å²) in [5.74, 6) is 0.463. The van der Waals surface area contributed by atoms with Crippen molar-refractivity contribution in [3.63, 3.8) is 0 Å². The predicted molar refractivity (Wildman–Crippen MR) is 73.1 cm³/mol. The number of nitrogens with zero attached hydrogens (tertiary/aromatic N) is 3. The Hall–Kier alpha value is -0.400. The summed E-state index contributed by atoms with van der Waals surface area (Å²) in [6.45, 7) is 1.25. The third kappa shape index (κ3) is 2.95. The van der Waals surface area contributed by atoms with E-state index in [-0.39, 0.29) is 0 Å². The average molecular weight is 336 g/mol. The van der Waals surface area contributed by atoms with Gasteiger partial charge in [0.2, 0.25) is 10.0 Å². The van der Waals surface area contributed by atoms with Crippen LogP contribution in [0.15, 0.2) is 17.3 Å². The predicted octanol–water partition coefficient (Wildman–Crippen LogP) is 1.61. The van der Waals surface area contributed by atoms with Gasteiger partial charge in [-0.1, -0.05) is 15.9 Å². The Morgan fingerprint density at radius 1 is 1.56 bits per heavy atom. The molecule has 18 heavy (non-hydrogen) atoms. The molecular weight excluding hydrogens is 318 g/mol. The Labute approximate surface area is 116 Å². The SMILES string of the molecule is Cn1cc(S(=O)(=O)N2CCCC(CCBr)C2)cn1. The van der Waals surface area contributed by atoms with Crippen LogP contribution in [-0.2, 0) is 17.1 Å². The Bertz CT molecular complexity index is 498. The maximum atomic E-state index is 12.4. The molecule has 7 heteroatoms. The maximum Gasteiger partial charge on any atom is 0.246 e. The molecule has 1 aromatic heterocycles. The number of aryl methyl sites for hydroxylation is 1. The third-order valence-corrected chi connectivity index (χ3v) is 5.59. The number of hydrogen-bond donors (Lipinski definition) is 0. The van der Waals surface area contributed by atoms with E-state index in [1.54, 1.807) is 17.5 Å². The van der Waals surface area contributed by atoms with Crippen LogP contribution in [0.3, 0.4) is 0 Å². The van der Waals surface area contributed by atoms with Crippen molar-refractivity contribution in [1.82, 2.24) is 14.1 Å². The molecule has 0 aliphatic carbocycles. The average Bonchev–Trinajstić information content (AvgIpc) is 2.77. The lowest BCUT2D eigenvalue weighted by molar-refractivity contribution is 0.263. The number of hydrogen-bond acceptors (Lipinski definition) is 3. The molecule has 1 aromatic rings. The van der Waals surface area contributed by atoms with Crippen LogP contribution in [-0.4, -0.2) is 40.9 Å². The molecule has 2 heterocycles. The zero-order chi connectivity index (χ0) is 13.2. The van der Waals surface area contributed by atoms with Crippen LogP contribution < -0.4 is 0 Å². The highest BCUT2D eigenvalue weighted by molar-refractivity contribution is 9.09. The highest BCUT2D eigenvalue weighted by Crippen LogP contribution is 2.25. The highest BCUT2D eigenvalue weighted by atomic mass is 79.9. The minimum atomic E-state index is -3.36. The molecule has 1 unspecified atom stereocenters. The van der Waals surface area contributed by atoms with Crippen molar-refractivity contribution in [2.45, 2.75) is 24.2 Å². The van der Waals surface area contributed by atoms with Crippen LogP contribution in [0.25, 0.3) is 0 Å². The van der Waals surface area contributed by atoms with Crippen LogP contribution >= 0.6 is 15.9 Å². The highest BCUT2D eigenvalue weighted by Gasteiger charge is 2.30. The zero-order valence-corrected chi connectivity index (χ0v) is 12.8. The maximum absolute atomic E-state index is 12.4. The molecule has 5 nitrogen and oxygen atoms in total. The fourth-order valence-corrected chi connectivity index (χ4v) is 4.50. The molecule has 0 N–H and O–H groups in total. The number of sulfonamides is 1. The molecule has 1 aliphatic heterocycles. The van der Waals surface area contributed by atoms with Gasteiger partial charge in [-0.3, -0.25) is 4.68 Å². The number of halogens is 1. The van der Waals surface area contributed by atoms with E-state index < -0.39 is 10.0 Å². The molecule has 1 aliphatic rings. The third-order valence-electron chi connectivity index (χ3n) is 3.32. The summed E-state index contributed by atoms with van der Waals surface area (Å²) < 4.78 is 27.9. The van der Waals surface area contributed by atoms with Gasteiger partial charge in [0.15, 0.2) is 0 Å². The van der Waals surface area contributed by atoms with Gasteiger partial charge in [0.25, 0.3) is 0 Å². The van der Waals surface area contributed by atoms with Crippen molar-refractivity contribution >= 4 is 26.0 Å². The Morgan fingerprint density at radius 3 is 2.94 bits per heavy atom. The van der Waals surface area contributed by atoms with E-state index in [1.165, 1.54) is 10.9 Å². The summed E-state index contributed by atoms with van der Waals surface area (Å²) >= 11 is 3.42. The quantitative estimate of drug-likeness (QED) is 0.785. The topological polar surface area (TPSA) is 55.2 Å². The normalized spacial score (nSPS) is 22.2. The lowest BCUT2D eigenvalue weighted by Gasteiger charge is -2.31. The lowest BCUT2D eigenvalue weighted by atomic mass is 9.97. The largest absolute Gasteiger partial charge is 0.274 e. The number of rotatable bonds is 4. The van der Waals surface area contributed by atoms with Crippen LogP contribution in [0.2, 0.25) is 0 Å². The second-order valence-corrected chi connectivity index (χ2v) is 7.43. The molecule has 1 fully saturated rings. The van der Waals surface area contributed by atoms with Gasteiger partial charge in [-0.05, 0) is 25.2 Å². The van der Waals surface area contributed by atoms with Gasteiger partial charge in [0.05, 0.1) is 6.20 Å². The molecule has 0 saturated carbocycles. The number of aromatic nitrogens is 2. The summed E-state index contributed by atoms with van der Waals surface area (Å²) in [4.78, 5) is 0.296. The monoisotopic (exact) mass is 335 g/mol. The fraction of sp³-hybridized carbons (Fsp3) is 0.727. The van der Waals surface area contributed by atoms with Crippen molar-refractivity contribution in [2.75, 3.05) is 18.4 Å². The van der Waals surface area contributed by atoms with E-state index in [4.69, 9.17) is 0 Å². The number of piperidine rings is 1. The van der Waals surface area contributed by atoms with Gasteiger partial charge in [-0.2, -0.15) is 9.40 Å². The summed E-state index contributed by atoms with van der Waals surface area (Å²) in [5.41, 5.74) is 0. The minimum Gasteiger partial charge on any atom is -0.274 e. The Kier molecular flexibility index (Phi) is 4.45. The Balaban J connectivity index is 2.15. The summed E-state index contributed by atoms with van der Waals surface area (Å²) in [7, 11) is -1.63. The van der Waals surface area contributed by atoms with Crippen molar-refractivity contribution in [2.24, 2.45) is 13.0 Å². The second-order valence-electron chi connectivity index (χ2n) is 4.70. The fourth-order valence-electron chi connectivity index (χ4n) is 2.32. The molecular formula is C11H18BrN3O2S. The molecule has 1 saturated heterocycles. The number of alkyl halides is 1. The van der Waals surface area contributed by atoms with E-state index in [2.05, 4.69) is 21.0 Å². The first kappa shape index (κ1) is 14.0. The van der Waals surface area contributed by atoms with Gasteiger partial charge in [0.1, 0.15) is 4.90 Å². The molecule has 0 aromatic carbocycles. The van der Waals surface area contributed by atoms with E-state index in [0.29, 0.717) is 23.9 Å². The summed E-state index contributed by atoms with van der Waals surface area (Å²) in [6.07, 6.45) is 6.06. The van der Waals surface area contributed by atoms with Crippen LogP contribution in [0.4, 0.5) is 0 Å². The van der Waals surface area contributed by atoms with Gasteiger partial charge in [-0.15, -0.1) is 0 Å². The molecule has 0 amide bonds. The smallest absolute Gasteiger partial charge is 0.246 e. The van der Waals surface area contributed by atoms with Crippen molar-refractivity contribution in [3.8, 4) is 0 Å². The van der Waals surface area contributed by atoms with Crippen molar-refractivity contribution in [1.29, 1.82) is 0 Å². The first-order valence-electron chi connectivity index (χ1n) is 6.09. The Morgan fingerprint density at radius 2 is 2.33 bits per heavy atom.